The predicted molar refractivity (Wildman–Crippen MR) is 173 cm³/mol. The van der Waals surface area contributed by atoms with Gasteiger partial charge in [0.15, 0.2) is 0 Å². The second-order valence-corrected chi connectivity index (χ2v) is 12.7. The lowest BCUT2D eigenvalue weighted by Gasteiger charge is -2.35. The van der Waals surface area contributed by atoms with Crippen LogP contribution >= 0.6 is 0 Å². The van der Waals surface area contributed by atoms with Crippen LogP contribution in [0.1, 0.15) is 83.4 Å². The van der Waals surface area contributed by atoms with Crippen LogP contribution in [0.3, 0.4) is 0 Å². The van der Waals surface area contributed by atoms with Gasteiger partial charge in [0, 0.05) is 30.7 Å². The number of aryl methyl sites for hydroxylation is 1. The molecule has 11 heteroatoms. The van der Waals surface area contributed by atoms with E-state index in [1.807, 2.05) is 50.6 Å². The Morgan fingerprint density at radius 3 is 2.45 bits per heavy atom. The Bertz CT molecular complexity index is 1550. The third-order valence-corrected chi connectivity index (χ3v) is 8.37. The molecule has 11 nitrogen and oxygen atoms in total. The van der Waals surface area contributed by atoms with Crippen molar-refractivity contribution in [1.82, 2.24) is 24.6 Å². The van der Waals surface area contributed by atoms with Crippen molar-refractivity contribution in [2.75, 3.05) is 43.0 Å². The van der Waals surface area contributed by atoms with E-state index in [9.17, 15) is 9.59 Å². The van der Waals surface area contributed by atoms with Gasteiger partial charge in [0.2, 0.25) is 5.95 Å². The van der Waals surface area contributed by atoms with Crippen LogP contribution in [0.15, 0.2) is 35.9 Å². The predicted octanol–water partition coefficient (Wildman–Crippen LogP) is 5.77. The number of nitrogens with one attached hydrogen (secondary N) is 1. The average molecular weight is 604 g/mol. The van der Waals surface area contributed by atoms with E-state index in [1.165, 1.54) is 0 Å². The summed E-state index contributed by atoms with van der Waals surface area (Å²) in [5, 5.41) is 5.77. The van der Waals surface area contributed by atoms with Crippen LogP contribution in [0, 0.1) is 12.3 Å². The van der Waals surface area contributed by atoms with E-state index in [2.05, 4.69) is 33.7 Å². The SMILES string of the molecule is C=C(OCCCC)c1c(C)c2cnc(Nc3ccc(N4CCN(OC(=O)C(C)(C)C)CC4)cn3)nc2n(C2CCCC2)c1=O. The van der Waals surface area contributed by atoms with Gasteiger partial charge in [-0.05, 0) is 64.7 Å². The molecule has 2 aliphatic rings. The summed E-state index contributed by atoms with van der Waals surface area (Å²) in [5.41, 5.74) is 2.24. The number of ether oxygens (including phenoxy) is 1. The van der Waals surface area contributed by atoms with Crippen molar-refractivity contribution >= 4 is 40.2 Å². The zero-order chi connectivity index (χ0) is 31.4. The minimum absolute atomic E-state index is 0.0744. The summed E-state index contributed by atoms with van der Waals surface area (Å²) in [6.07, 6.45) is 9.53. The van der Waals surface area contributed by atoms with E-state index < -0.39 is 5.41 Å². The molecule has 1 aliphatic carbocycles. The minimum atomic E-state index is -0.535. The summed E-state index contributed by atoms with van der Waals surface area (Å²) < 4.78 is 7.72. The molecule has 0 atom stereocenters. The van der Waals surface area contributed by atoms with Crippen LogP contribution in [0.25, 0.3) is 16.8 Å². The van der Waals surface area contributed by atoms with Gasteiger partial charge in [-0.25, -0.2) is 14.8 Å². The number of pyridine rings is 2. The maximum absolute atomic E-state index is 13.9. The Balaban J connectivity index is 1.33. The molecular weight excluding hydrogens is 558 g/mol. The molecule has 0 radical (unpaired) electrons. The van der Waals surface area contributed by atoms with Crippen LogP contribution in [-0.2, 0) is 14.4 Å². The number of carbonyl (C=O) groups is 1. The Hall–Kier alpha value is -3.99. The highest BCUT2D eigenvalue weighted by atomic mass is 16.7. The summed E-state index contributed by atoms with van der Waals surface area (Å²) in [7, 11) is 0. The lowest BCUT2D eigenvalue weighted by atomic mass is 9.98. The molecule has 1 N–H and O–H groups in total. The highest BCUT2D eigenvalue weighted by Gasteiger charge is 2.28. The van der Waals surface area contributed by atoms with Gasteiger partial charge in [0.05, 0.1) is 42.6 Å². The van der Waals surface area contributed by atoms with Crippen LogP contribution < -0.4 is 15.8 Å². The molecule has 2 fully saturated rings. The quantitative estimate of drug-likeness (QED) is 0.226. The second kappa shape index (κ2) is 13.3. The van der Waals surface area contributed by atoms with Gasteiger partial charge in [0.1, 0.15) is 17.2 Å². The standard InChI is InChI=1S/C33H45N7O4/c1-7-8-19-43-23(3)28-22(2)26-21-35-32(37-29(26)40(30(28)41)24-11-9-10-12-24)36-27-14-13-25(20-34-27)38-15-17-39(18-16-38)44-31(42)33(4,5)6/h13-14,20-21,24H,3,7-12,15-19H2,1-2,4-6H3,(H,34,35,36,37). The highest BCUT2D eigenvalue weighted by Crippen LogP contribution is 2.33. The molecule has 3 aromatic heterocycles. The highest BCUT2D eigenvalue weighted by molar-refractivity contribution is 5.84. The minimum Gasteiger partial charge on any atom is -0.493 e. The fourth-order valence-electron chi connectivity index (χ4n) is 5.69. The van der Waals surface area contributed by atoms with E-state index in [0.29, 0.717) is 48.4 Å². The van der Waals surface area contributed by atoms with Crippen molar-refractivity contribution in [2.24, 2.45) is 5.41 Å². The number of hydrogen-bond acceptors (Lipinski definition) is 10. The van der Waals surface area contributed by atoms with Crippen LogP contribution in [0.5, 0.6) is 0 Å². The van der Waals surface area contributed by atoms with E-state index in [1.54, 1.807) is 11.3 Å². The summed E-state index contributed by atoms with van der Waals surface area (Å²) in [4.78, 5) is 48.0. The van der Waals surface area contributed by atoms with Gasteiger partial charge in [-0.3, -0.25) is 9.36 Å². The topological polar surface area (TPSA) is 115 Å². The smallest absolute Gasteiger partial charge is 0.330 e. The molecule has 0 bridgehead atoms. The number of piperazine rings is 1. The summed E-state index contributed by atoms with van der Waals surface area (Å²) in [6.45, 7) is 16.9. The number of carbonyl (C=O) groups excluding carboxylic acids is 1. The Morgan fingerprint density at radius 2 is 1.82 bits per heavy atom. The first-order chi connectivity index (χ1) is 21.1. The maximum atomic E-state index is 13.9. The number of aromatic nitrogens is 4. The number of hydrogen-bond donors (Lipinski definition) is 1. The number of fused-ring (bicyclic) bond motifs is 1. The molecule has 0 spiro atoms. The lowest BCUT2D eigenvalue weighted by Crippen LogP contribution is -2.48. The first kappa shape index (κ1) is 31.4. The number of rotatable bonds is 10. The normalized spacial score (nSPS) is 16.3. The molecule has 1 saturated heterocycles. The van der Waals surface area contributed by atoms with E-state index in [0.717, 1.165) is 68.3 Å². The first-order valence-corrected chi connectivity index (χ1v) is 15.8. The summed E-state index contributed by atoms with van der Waals surface area (Å²) >= 11 is 0. The van der Waals surface area contributed by atoms with E-state index in [4.69, 9.17) is 14.6 Å². The second-order valence-electron chi connectivity index (χ2n) is 12.7. The molecule has 3 aromatic rings. The molecule has 0 aromatic carbocycles. The van der Waals surface area contributed by atoms with Crippen molar-refractivity contribution in [3.8, 4) is 0 Å². The largest absolute Gasteiger partial charge is 0.493 e. The van der Waals surface area contributed by atoms with Gasteiger partial charge >= 0.3 is 5.97 Å². The average Bonchev–Trinajstić information content (AvgIpc) is 3.52. The number of unbranched alkanes of at least 4 members (excludes halogenated alkanes) is 1. The van der Waals surface area contributed by atoms with Gasteiger partial charge in [-0.2, -0.15) is 4.98 Å². The van der Waals surface area contributed by atoms with E-state index >= 15 is 0 Å². The third kappa shape index (κ3) is 6.88. The molecule has 1 aliphatic heterocycles. The molecule has 1 saturated carbocycles. The van der Waals surface area contributed by atoms with Gasteiger partial charge in [0.25, 0.3) is 5.56 Å². The number of nitrogens with zero attached hydrogens (tertiary/aromatic N) is 6. The van der Waals surface area contributed by atoms with Crippen molar-refractivity contribution in [3.05, 3.63) is 52.6 Å². The molecule has 236 valence electrons. The zero-order valence-electron chi connectivity index (χ0n) is 26.7. The summed E-state index contributed by atoms with van der Waals surface area (Å²) in [6, 6.07) is 3.97. The lowest BCUT2D eigenvalue weighted by molar-refractivity contribution is -0.201. The van der Waals surface area contributed by atoms with Gasteiger partial charge in [-0.1, -0.05) is 32.8 Å². The fourth-order valence-corrected chi connectivity index (χ4v) is 5.69. The Kier molecular flexibility index (Phi) is 9.53. The fraction of sp³-hybridized carbons (Fsp3) is 0.545. The van der Waals surface area contributed by atoms with Gasteiger partial charge in [-0.15, -0.1) is 5.06 Å². The Labute approximate surface area is 259 Å². The summed E-state index contributed by atoms with van der Waals surface area (Å²) in [5.74, 6) is 1.17. The van der Waals surface area contributed by atoms with Crippen molar-refractivity contribution < 1.29 is 14.4 Å². The van der Waals surface area contributed by atoms with Crippen LogP contribution in [0.4, 0.5) is 17.5 Å². The molecule has 0 amide bonds. The van der Waals surface area contributed by atoms with Gasteiger partial charge < -0.3 is 19.8 Å². The molecular formula is C33H45N7O4. The molecule has 4 heterocycles. The van der Waals surface area contributed by atoms with Crippen LogP contribution in [0.2, 0.25) is 0 Å². The van der Waals surface area contributed by atoms with Crippen molar-refractivity contribution in [3.63, 3.8) is 0 Å². The molecule has 0 unspecified atom stereocenters. The monoisotopic (exact) mass is 603 g/mol. The third-order valence-electron chi connectivity index (χ3n) is 8.37. The maximum Gasteiger partial charge on any atom is 0.330 e. The first-order valence-electron chi connectivity index (χ1n) is 15.8. The van der Waals surface area contributed by atoms with E-state index in [-0.39, 0.29) is 17.6 Å². The Morgan fingerprint density at radius 1 is 1.09 bits per heavy atom. The number of anilines is 3. The molecule has 44 heavy (non-hydrogen) atoms. The number of hydroxylamine groups is 2. The van der Waals surface area contributed by atoms with Crippen LogP contribution in [-0.4, -0.2) is 63.3 Å². The molecule has 5 rings (SSSR count). The van der Waals surface area contributed by atoms with Crippen molar-refractivity contribution in [2.45, 2.75) is 79.2 Å². The van der Waals surface area contributed by atoms with Crippen molar-refractivity contribution in [1.29, 1.82) is 0 Å². The zero-order valence-corrected chi connectivity index (χ0v) is 26.7.